The van der Waals surface area contributed by atoms with Crippen LogP contribution >= 0.6 is 0 Å². The number of ether oxygens (including phenoxy) is 1. The molecule has 1 aliphatic heterocycles. The standard InChI is InChI=1S/C17H19N5O2/c1-22-7-6-19-16(22)15(13-4-8-24-9-5-13)21-17(23)14-3-2-12(10-18)11-20-14/h2-3,6-7,11,13,15H,4-5,8-9H2,1H3,(H,21,23)/t15-/m1/s1. The van der Waals surface area contributed by atoms with Gasteiger partial charge in [-0.05, 0) is 30.9 Å². The van der Waals surface area contributed by atoms with Crippen molar-refractivity contribution in [1.82, 2.24) is 19.9 Å². The molecule has 7 nitrogen and oxygen atoms in total. The lowest BCUT2D eigenvalue weighted by Gasteiger charge is -2.30. The third kappa shape index (κ3) is 3.44. The number of imidazole rings is 1. The minimum absolute atomic E-state index is 0.196. The van der Waals surface area contributed by atoms with Gasteiger partial charge in [-0.3, -0.25) is 4.79 Å². The molecule has 0 unspecified atom stereocenters. The van der Waals surface area contributed by atoms with Gasteiger partial charge in [0, 0.05) is 38.9 Å². The highest BCUT2D eigenvalue weighted by atomic mass is 16.5. The number of nitriles is 1. The van der Waals surface area contributed by atoms with Gasteiger partial charge in [-0.2, -0.15) is 5.26 Å². The summed E-state index contributed by atoms with van der Waals surface area (Å²) in [6, 6.07) is 4.95. The van der Waals surface area contributed by atoms with Gasteiger partial charge in [0.05, 0.1) is 11.6 Å². The van der Waals surface area contributed by atoms with Crippen LogP contribution < -0.4 is 5.32 Å². The molecule has 0 aromatic carbocycles. The highest BCUT2D eigenvalue weighted by Gasteiger charge is 2.30. The molecule has 0 bridgehead atoms. The maximum Gasteiger partial charge on any atom is 0.270 e. The molecule has 1 atom stereocenters. The van der Waals surface area contributed by atoms with E-state index >= 15 is 0 Å². The van der Waals surface area contributed by atoms with E-state index in [1.165, 1.54) is 6.20 Å². The topological polar surface area (TPSA) is 92.8 Å². The Kier molecular flexibility index (Phi) is 4.87. The first kappa shape index (κ1) is 16.1. The first-order valence-corrected chi connectivity index (χ1v) is 7.91. The molecule has 0 aliphatic carbocycles. The van der Waals surface area contributed by atoms with Gasteiger partial charge in [-0.25, -0.2) is 9.97 Å². The van der Waals surface area contributed by atoms with Gasteiger partial charge in [0.15, 0.2) is 0 Å². The molecule has 1 fully saturated rings. The van der Waals surface area contributed by atoms with E-state index in [1.807, 2.05) is 23.9 Å². The van der Waals surface area contributed by atoms with Crippen molar-refractivity contribution in [3.63, 3.8) is 0 Å². The molecule has 1 aliphatic rings. The summed E-state index contributed by atoms with van der Waals surface area (Å²) in [6.45, 7) is 1.38. The largest absolute Gasteiger partial charge is 0.381 e. The van der Waals surface area contributed by atoms with Crippen LogP contribution in [0.25, 0.3) is 0 Å². The van der Waals surface area contributed by atoms with Crippen LogP contribution in [0.1, 0.15) is 40.8 Å². The predicted molar refractivity (Wildman–Crippen MR) is 85.9 cm³/mol. The average molecular weight is 325 g/mol. The summed E-state index contributed by atoms with van der Waals surface area (Å²) in [7, 11) is 1.92. The van der Waals surface area contributed by atoms with E-state index in [4.69, 9.17) is 10.00 Å². The predicted octanol–water partition coefficient (Wildman–Crippen LogP) is 1.58. The summed E-state index contributed by atoms with van der Waals surface area (Å²) in [6.07, 6.45) is 6.75. The van der Waals surface area contributed by atoms with E-state index in [9.17, 15) is 4.79 Å². The van der Waals surface area contributed by atoms with E-state index in [0.29, 0.717) is 24.5 Å². The number of nitrogens with zero attached hydrogens (tertiary/aromatic N) is 4. The smallest absolute Gasteiger partial charge is 0.270 e. The van der Waals surface area contributed by atoms with Crippen molar-refractivity contribution in [2.75, 3.05) is 13.2 Å². The number of aromatic nitrogens is 3. The molecule has 2 aromatic heterocycles. The monoisotopic (exact) mass is 325 g/mol. The van der Waals surface area contributed by atoms with Gasteiger partial charge >= 0.3 is 0 Å². The molecule has 0 radical (unpaired) electrons. The maximum absolute atomic E-state index is 12.6. The summed E-state index contributed by atoms with van der Waals surface area (Å²) < 4.78 is 7.35. The zero-order chi connectivity index (χ0) is 16.9. The molecular formula is C17H19N5O2. The molecule has 0 spiro atoms. The van der Waals surface area contributed by atoms with Gasteiger partial charge in [-0.1, -0.05) is 0 Å². The Bertz CT molecular complexity index is 741. The average Bonchev–Trinajstić information content (AvgIpc) is 3.06. The summed E-state index contributed by atoms with van der Waals surface area (Å²) in [5.41, 5.74) is 0.719. The first-order valence-electron chi connectivity index (χ1n) is 7.91. The molecule has 3 rings (SSSR count). The van der Waals surface area contributed by atoms with Crippen molar-refractivity contribution in [2.24, 2.45) is 13.0 Å². The van der Waals surface area contributed by atoms with Gasteiger partial charge in [-0.15, -0.1) is 0 Å². The van der Waals surface area contributed by atoms with E-state index in [1.54, 1.807) is 18.3 Å². The van der Waals surface area contributed by atoms with Gasteiger partial charge in [0.1, 0.15) is 17.6 Å². The lowest BCUT2D eigenvalue weighted by atomic mass is 9.91. The molecule has 124 valence electrons. The number of carbonyl (C=O) groups excluding carboxylic acids is 1. The maximum atomic E-state index is 12.6. The first-order chi connectivity index (χ1) is 11.7. The summed E-state index contributed by atoms with van der Waals surface area (Å²) in [4.78, 5) is 21.1. The van der Waals surface area contributed by atoms with Crippen LogP contribution in [0.15, 0.2) is 30.7 Å². The van der Waals surface area contributed by atoms with Gasteiger partial charge in [0.2, 0.25) is 0 Å². The number of nitrogens with one attached hydrogen (secondary N) is 1. The van der Waals surface area contributed by atoms with Crippen LogP contribution in [-0.2, 0) is 11.8 Å². The molecule has 24 heavy (non-hydrogen) atoms. The Hall–Kier alpha value is -2.72. The summed E-state index contributed by atoms with van der Waals surface area (Å²) >= 11 is 0. The number of hydrogen-bond acceptors (Lipinski definition) is 5. The zero-order valence-electron chi connectivity index (χ0n) is 13.5. The summed E-state index contributed by atoms with van der Waals surface area (Å²) in [5.74, 6) is 0.824. The molecule has 7 heteroatoms. The van der Waals surface area contributed by atoms with Crippen LogP contribution in [-0.4, -0.2) is 33.7 Å². The number of aryl methyl sites for hydroxylation is 1. The van der Waals surface area contributed by atoms with E-state index in [2.05, 4.69) is 15.3 Å². The summed E-state index contributed by atoms with van der Waals surface area (Å²) in [5, 5.41) is 11.9. The van der Waals surface area contributed by atoms with Crippen LogP contribution in [0.3, 0.4) is 0 Å². The number of pyridine rings is 1. The Morgan fingerprint density at radius 1 is 1.42 bits per heavy atom. The highest BCUT2D eigenvalue weighted by Crippen LogP contribution is 2.29. The molecule has 0 saturated carbocycles. The van der Waals surface area contributed by atoms with Crippen molar-refractivity contribution >= 4 is 5.91 Å². The van der Waals surface area contributed by atoms with E-state index in [-0.39, 0.29) is 17.9 Å². The lowest BCUT2D eigenvalue weighted by molar-refractivity contribution is 0.0498. The Balaban J connectivity index is 1.81. The normalized spacial score (nSPS) is 16.3. The fraction of sp³-hybridized carbons (Fsp3) is 0.412. The molecule has 3 heterocycles. The second kappa shape index (κ2) is 7.23. The second-order valence-electron chi connectivity index (χ2n) is 5.84. The van der Waals surface area contributed by atoms with Crippen molar-refractivity contribution in [1.29, 1.82) is 5.26 Å². The fourth-order valence-electron chi connectivity index (χ4n) is 2.93. The quantitative estimate of drug-likeness (QED) is 0.921. The van der Waals surface area contributed by atoms with Crippen molar-refractivity contribution < 1.29 is 9.53 Å². The molecule has 1 amide bonds. The van der Waals surface area contributed by atoms with Crippen molar-refractivity contribution in [2.45, 2.75) is 18.9 Å². The van der Waals surface area contributed by atoms with Gasteiger partial charge in [0.25, 0.3) is 5.91 Å². The lowest BCUT2D eigenvalue weighted by Crippen LogP contribution is -2.37. The fourth-order valence-corrected chi connectivity index (χ4v) is 2.93. The number of amides is 1. The minimum atomic E-state index is -0.265. The third-order valence-electron chi connectivity index (χ3n) is 4.29. The number of rotatable bonds is 4. The number of carbonyl (C=O) groups is 1. The molecule has 1 N–H and O–H groups in total. The Morgan fingerprint density at radius 2 is 2.21 bits per heavy atom. The van der Waals surface area contributed by atoms with Crippen LogP contribution in [0.4, 0.5) is 0 Å². The molecule has 2 aromatic rings. The van der Waals surface area contributed by atoms with Crippen molar-refractivity contribution in [3.8, 4) is 6.07 Å². The molecule has 1 saturated heterocycles. The van der Waals surface area contributed by atoms with Crippen molar-refractivity contribution in [3.05, 3.63) is 47.8 Å². The minimum Gasteiger partial charge on any atom is -0.381 e. The third-order valence-corrected chi connectivity index (χ3v) is 4.29. The van der Waals surface area contributed by atoms with Crippen LogP contribution in [0.5, 0.6) is 0 Å². The van der Waals surface area contributed by atoms with E-state index < -0.39 is 0 Å². The van der Waals surface area contributed by atoms with Crippen LogP contribution in [0, 0.1) is 17.2 Å². The SMILES string of the molecule is Cn1ccnc1[C@H](NC(=O)c1ccc(C#N)cn1)C1CCOCC1. The zero-order valence-corrected chi connectivity index (χ0v) is 13.5. The molecular weight excluding hydrogens is 306 g/mol. The second-order valence-corrected chi connectivity index (χ2v) is 5.84. The Labute approximate surface area is 140 Å². The van der Waals surface area contributed by atoms with E-state index in [0.717, 1.165) is 18.7 Å². The van der Waals surface area contributed by atoms with Crippen LogP contribution in [0.2, 0.25) is 0 Å². The highest BCUT2D eigenvalue weighted by molar-refractivity contribution is 5.92. The number of hydrogen-bond donors (Lipinski definition) is 1. The van der Waals surface area contributed by atoms with Gasteiger partial charge < -0.3 is 14.6 Å². The Morgan fingerprint density at radius 3 is 2.79 bits per heavy atom.